The van der Waals surface area contributed by atoms with Crippen molar-refractivity contribution in [3.8, 4) is 11.4 Å². The Morgan fingerprint density at radius 1 is 1.60 bits per heavy atom. The van der Waals surface area contributed by atoms with E-state index in [1.165, 1.54) is 19.2 Å². The van der Waals surface area contributed by atoms with Crippen molar-refractivity contribution in [2.45, 2.75) is 6.54 Å². The molecule has 1 aromatic heterocycles. The van der Waals surface area contributed by atoms with E-state index in [0.29, 0.717) is 17.9 Å². The molecule has 0 fully saturated rings. The first-order chi connectivity index (χ1) is 9.54. The van der Waals surface area contributed by atoms with Crippen LogP contribution in [0.3, 0.4) is 0 Å². The van der Waals surface area contributed by atoms with Crippen LogP contribution in [0.1, 0.15) is 0 Å². The summed E-state index contributed by atoms with van der Waals surface area (Å²) in [5, 5.41) is 17.1. The van der Waals surface area contributed by atoms with Gasteiger partial charge in [0.05, 0.1) is 29.7 Å². The summed E-state index contributed by atoms with van der Waals surface area (Å²) in [4.78, 5) is 9.93. The van der Waals surface area contributed by atoms with E-state index in [1.54, 1.807) is 4.57 Å². The predicted octanol–water partition coefficient (Wildman–Crippen LogP) is 2.30. The Morgan fingerprint density at radius 2 is 2.35 bits per heavy atom. The van der Waals surface area contributed by atoms with Gasteiger partial charge in [-0.3, -0.25) is 19.8 Å². The van der Waals surface area contributed by atoms with E-state index in [2.05, 4.69) is 10.2 Å². The number of H-pyrrole nitrogens is 1. The standard InChI is InChI=1S/C11H11FN4O3S/c1-19-5-4-15-10(13-14-11(15)20)8-3-2-7(16(17)18)6-9(8)12/h2-3,6H,4-5H2,1H3,(H,14,20). The summed E-state index contributed by atoms with van der Waals surface area (Å²) in [6, 6.07) is 3.38. The molecule has 106 valence electrons. The number of hydrogen-bond acceptors (Lipinski definition) is 5. The van der Waals surface area contributed by atoms with Crippen LogP contribution < -0.4 is 0 Å². The van der Waals surface area contributed by atoms with Gasteiger partial charge in [-0.05, 0) is 18.3 Å². The van der Waals surface area contributed by atoms with E-state index in [9.17, 15) is 14.5 Å². The van der Waals surface area contributed by atoms with Crippen LogP contribution in [-0.4, -0.2) is 33.4 Å². The number of ether oxygens (including phenoxy) is 1. The van der Waals surface area contributed by atoms with Crippen molar-refractivity contribution >= 4 is 17.9 Å². The minimum Gasteiger partial charge on any atom is -0.383 e. The smallest absolute Gasteiger partial charge is 0.272 e. The Bertz CT molecular complexity index is 697. The lowest BCUT2D eigenvalue weighted by molar-refractivity contribution is -0.385. The average molecular weight is 298 g/mol. The Morgan fingerprint density at radius 3 is 2.95 bits per heavy atom. The Balaban J connectivity index is 2.46. The fourth-order valence-electron chi connectivity index (χ4n) is 1.71. The lowest BCUT2D eigenvalue weighted by Crippen LogP contribution is -2.07. The molecular weight excluding hydrogens is 287 g/mol. The largest absolute Gasteiger partial charge is 0.383 e. The third kappa shape index (κ3) is 2.73. The molecule has 0 spiro atoms. The van der Waals surface area contributed by atoms with E-state index in [-0.39, 0.29) is 17.1 Å². The second-order valence-corrected chi connectivity index (χ2v) is 4.30. The molecule has 0 radical (unpaired) electrons. The fraction of sp³-hybridized carbons (Fsp3) is 0.273. The van der Waals surface area contributed by atoms with E-state index in [0.717, 1.165) is 6.07 Å². The van der Waals surface area contributed by atoms with Crippen LogP contribution in [-0.2, 0) is 11.3 Å². The van der Waals surface area contributed by atoms with Gasteiger partial charge in [0.25, 0.3) is 5.69 Å². The number of hydrogen-bond donors (Lipinski definition) is 1. The monoisotopic (exact) mass is 298 g/mol. The van der Waals surface area contributed by atoms with Crippen molar-refractivity contribution < 1.29 is 14.1 Å². The van der Waals surface area contributed by atoms with Crippen LogP contribution in [0.15, 0.2) is 18.2 Å². The van der Waals surface area contributed by atoms with Crippen LogP contribution in [0.25, 0.3) is 11.4 Å². The lowest BCUT2D eigenvalue weighted by atomic mass is 10.2. The molecule has 0 saturated heterocycles. The first-order valence-corrected chi connectivity index (χ1v) is 6.04. The topological polar surface area (TPSA) is 86.0 Å². The Kier molecular flexibility index (Phi) is 4.20. The molecule has 9 heteroatoms. The molecule has 20 heavy (non-hydrogen) atoms. The van der Waals surface area contributed by atoms with Gasteiger partial charge >= 0.3 is 0 Å². The van der Waals surface area contributed by atoms with Gasteiger partial charge in [-0.15, -0.1) is 0 Å². The Hall–Kier alpha value is -2.13. The zero-order chi connectivity index (χ0) is 14.7. The number of aromatic nitrogens is 3. The number of methoxy groups -OCH3 is 1. The average Bonchev–Trinajstić information content (AvgIpc) is 2.77. The second kappa shape index (κ2) is 5.88. The highest BCUT2D eigenvalue weighted by atomic mass is 32.1. The number of nitro groups is 1. The van der Waals surface area contributed by atoms with Crippen molar-refractivity contribution in [1.29, 1.82) is 0 Å². The maximum absolute atomic E-state index is 14.0. The summed E-state index contributed by atoms with van der Waals surface area (Å²) < 4.78 is 20.8. The molecule has 0 aliphatic heterocycles. The number of non-ortho nitro benzene ring substituents is 1. The highest BCUT2D eigenvalue weighted by molar-refractivity contribution is 7.71. The molecule has 7 nitrogen and oxygen atoms in total. The van der Waals surface area contributed by atoms with Crippen molar-refractivity contribution in [3.63, 3.8) is 0 Å². The highest BCUT2D eigenvalue weighted by Gasteiger charge is 2.16. The molecular formula is C11H11FN4O3S. The van der Waals surface area contributed by atoms with Crippen LogP contribution in [0.5, 0.6) is 0 Å². The van der Waals surface area contributed by atoms with E-state index >= 15 is 0 Å². The molecule has 1 heterocycles. The molecule has 2 rings (SSSR count). The first-order valence-electron chi connectivity index (χ1n) is 5.63. The van der Waals surface area contributed by atoms with Crippen molar-refractivity contribution in [1.82, 2.24) is 14.8 Å². The minimum absolute atomic E-state index is 0.138. The molecule has 0 amide bonds. The lowest BCUT2D eigenvalue weighted by Gasteiger charge is -2.06. The van der Waals surface area contributed by atoms with E-state index < -0.39 is 10.7 Å². The van der Waals surface area contributed by atoms with Crippen LogP contribution >= 0.6 is 12.2 Å². The van der Waals surface area contributed by atoms with Gasteiger partial charge in [-0.25, -0.2) is 4.39 Å². The molecule has 0 aliphatic rings. The number of nitrogens with zero attached hydrogens (tertiary/aromatic N) is 3. The molecule has 0 unspecified atom stereocenters. The fourth-order valence-corrected chi connectivity index (χ4v) is 1.94. The second-order valence-electron chi connectivity index (χ2n) is 3.92. The maximum atomic E-state index is 14.0. The Labute approximate surface area is 118 Å². The summed E-state index contributed by atoms with van der Waals surface area (Å²) in [6.45, 7) is 0.785. The SMILES string of the molecule is COCCn1c(-c2ccc([N+](=O)[O-])cc2F)n[nH]c1=S. The van der Waals surface area contributed by atoms with Crippen LogP contribution in [0, 0.1) is 20.7 Å². The summed E-state index contributed by atoms with van der Waals surface area (Å²) in [7, 11) is 1.54. The van der Waals surface area contributed by atoms with Gasteiger partial charge in [0.2, 0.25) is 0 Å². The molecule has 1 N–H and O–H groups in total. The molecule has 0 aliphatic carbocycles. The van der Waals surface area contributed by atoms with Gasteiger partial charge in [0, 0.05) is 13.2 Å². The third-order valence-electron chi connectivity index (χ3n) is 2.68. The number of rotatable bonds is 5. The summed E-state index contributed by atoms with van der Waals surface area (Å²) in [5.41, 5.74) is -0.178. The molecule has 0 atom stereocenters. The number of nitrogens with one attached hydrogen (secondary N) is 1. The number of nitro benzene ring substituents is 1. The van der Waals surface area contributed by atoms with E-state index in [1.807, 2.05) is 0 Å². The van der Waals surface area contributed by atoms with Crippen molar-refractivity contribution in [2.75, 3.05) is 13.7 Å². The number of benzene rings is 1. The van der Waals surface area contributed by atoms with E-state index in [4.69, 9.17) is 17.0 Å². The molecule has 0 bridgehead atoms. The summed E-state index contributed by atoms with van der Waals surface area (Å²) in [5.74, 6) is -0.452. The zero-order valence-corrected chi connectivity index (χ0v) is 11.3. The van der Waals surface area contributed by atoms with Crippen molar-refractivity contribution in [2.24, 2.45) is 0 Å². The first kappa shape index (κ1) is 14.3. The van der Waals surface area contributed by atoms with Gasteiger partial charge in [-0.2, -0.15) is 5.10 Å². The maximum Gasteiger partial charge on any atom is 0.272 e. The number of halogens is 1. The van der Waals surface area contributed by atoms with Crippen molar-refractivity contribution in [3.05, 3.63) is 38.9 Å². The van der Waals surface area contributed by atoms with Gasteiger partial charge in [0.15, 0.2) is 10.6 Å². The van der Waals surface area contributed by atoms with Gasteiger partial charge in [-0.1, -0.05) is 0 Å². The normalized spacial score (nSPS) is 10.7. The summed E-state index contributed by atoms with van der Waals surface area (Å²) in [6.07, 6.45) is 0. The molecule has 2 aromatic rings. The zero-order valence-electron chi connectivity index (χ0n) is 10.5. The minimum atomic E-state index is -0.730. The van der Waals surface area contributed by atoms with Gasteiger partial charge < -0.3 is 4.74 Å². The molecule has 1 aromatic carbocycles. The molecule has 0 saturated carbocycles. The van der Waals surface area contributed by atoms with Gasteiger partial charge in [0.1, 0.15) is 5.82 Å². The van der Waals surface area contributed by atoms with Crippen LogP contribution in [0.2, 0.25) is 0 Å². The quantitative estimate of drug-likeness (QED) is 0.520. The number of aromatic amines is 1. The third-order valence-corrected chi connectivity index (χ3v) is 2.99. The van der Waals surface area contributed by atoms with Crippen LogP contribution in [0.4, 0.5) is 10.1 Å². The highest BCUT2D eigenvalue weighted by Crippen LogP contribution is 2.24. The summed E-state index contributed by atoms with van der Waals surface area (Å²) >= 11 is 5.06. The predicted molar refractivity (Wildman–Crippen MR) is 71.3 cm³/mol.